The van der Waals surface area contributed by atoms with Gasteiger partial charge < -0.3 is 25.1 Å². The highest BCUT2D eigenvalue weighted by Gasteiger charge is 2.22. The summed E-state index contributed by atoms with van der Waals surface area (Å²) in [5, 5.41) is 9.21. The molecule has 1 aliphatic heterocycles. The number of aliphatic hydroxyl groups excluding tert-OH is 1. The van der Waals surface area contributed by atoms with Gasteiger partial charge in [0.25, 0.3) is 6.01 Å². The fourth-order valence-electron chi connectivity index (χ4n) is 4.37. The molecule has 0 unspecified atom stereocenters. The summed E-state index contributed by atoms with van der Waals surface area (Å²) in [6, 6.07) is 8.90. The summed E-state index contributed by atoms with van der Waals surface area (Å²) in [6.45, 7) is 4.69. The monoisotopic (exact) mass is 470 g/mol. The zero-order chi connectivity index (χ0) is 23.9. The maximum atomic E-state index is 9.21. The lowest BCUT2D eigenvalue weighted by molar-refractivity contribution is 0.141. The lowest BCUT2D eigenvalue weighted by Crippen LogP contribution is -2.33. The van der Waals surface area contributed by atoms with Crippen LogP contribution in [0.2, 0.25) is 0 Å². The molecule has 0 radical (unpaired) electrons. The largest absolute Gasteiger partial charge is 0.468 e. The molecule has 0 amide bonds. The third-order valence-corrected chi connectivity index (χ3v) is 6.35. The number of hydrogen-bond donors (Lipinski definition) is 2. The van der Waals surface area contributed by atoms with Crippen molar-refractivity contribution in [2.24, 2.45) is 5.92 Å². The van der Waals surface area contributed by atoms with Gasteiger partial charge in [-0.25, -0.2) is 0 Å². The number of aromatic nitrogens is 4. The molecule has 1 aromatic carbocycles. The number of nitrogens with two attached hydrogens (primary N) is 1. The van der Waals surface area contributed by atoms with Crippen LogP contribution in [0.4, 0.5) is 5.82 Å². The Morgan fingerprint density at radius 2 is 1.76 bits per heavy atom. The molecule has 2 aromatic heterocycles. The smallest absolute Gasteiger partial charge is 0.320 e. The van der Waals surface area contributed by atoms with E-state index in [0.717, 1.165) is 51.0 Å². The Labute approximate surface area is 199 Å². The van der Waals surface area contributed by atoms with E-state index in [-0.39, 0.29) is 18.4 Å². The number of hydrogen-bond acceptors (Lipinski definition) is 9. The van der Waals surface area contributed by atoms with Gasteiger partial charge in [-0.05, 0) is 49.4 Å². The Balaban J connectivity index is 1.36. The van der Waals surface area contributed by atoms with Gasteiger partial charge in [0.1, 0.15) is 6.61 Å². The van der Waals surface area contributed by atoms with Crippen LogP contribution in [0.15, 0.2) is 24.3 Å². The number of piperidine rings is 1. The summed E-state index contributed by atoms with van der Waals surface area (Å²) in [7, 11) is 3.21. The molecule has 3 N–H and O–H groups in total. The van der Waals surface area contributed by atoms with Gasteiger partial charge in [0.2, 0.25) is 0 Å². The van der Waals surface area contributed by atoms with Crippen LogP contribution >= 0.6 is 0 Å². The first-order valence-corrected chi connectivity index (χ1v) is 11.7. The lowest BCUT2D eigenvalue weighted by Gasteiger charge is -2.32. The SMILES string of the molecule is COCCOc1nc(N)c2nc(OC)n(CCC3CCN(Cc4ccc(CO)cc4)CC3)c2n1. The highest BCUT2D eigenvalue weighted by Crippen LogP contribution is 2.28. The number of rotatable bonds is 11. The van der Waals surface area contributed by atoms with E-state index in [1.165, 1.54) is 5.56 Å². The average molecular weight is 471 g/mol. The Morgan fingerprint density at radius 3 is 2.44 bits per heavy atom. The number of benzene rings is 1. The first-order valence-electron chi connectivity index (χ1n) is 11.7. The van der Waals surface area contributed by atoms with Crippen molar-refractivity contribution in [1.29, 1.82) is 0 Å². The van der Waals surface area contributed by atoms with E-state index in [1.54, 1.807) is 14.2 Å². The third-order valence-electron chi connectivity index (χ3n) is 6.35. The van der Waals surface area contributed by atoms with Crippen molar-refractivity contribution in [3.05, 3.63) is 35.4 Å². The number of nitrogen functional groups attached to an aromatic ring is 1. The zero-order valence-electron chi connectivity index (χ0n) is 19.9. The van der Waals surface area contributed by atoms with Crippen LogP contribution in [-0.2, 0) is 24.4 Å². The maximum absolute atomic E-state index is 9.21. The van der Waals surface area contributed by atoms with E-state index in [1.807, 2.05) is 16.7 Å². The molecule has 10 heteroatoms. The molecule has 1 aliphatic rings. The quantitative estimate of drug-likeness (QED) is 0.406. The molecule has 1 saturated heterocycles. The molecule has 0 aliphatic carbocycles. The molecule has 10 nitrogen and oxygen atoms in total. The van der Waals surface area contributed by atoms with E-state index < -0.39 is 0 Å². The van der Waals surface area contributed by atoms with Gasteiger partial charge in [-0.3, -0.25) is 9.47 Å². The Morgan fingerprint density at radius 1 is 1.03 bits per heavy atom. The second-order valence-corrected chi connectivity index (χ2v) is 8.64. The van der Waals surface area contributed by atoms with Gasteiger partial charge in [-0.15, -0.1) is 0 Å². The summed E-state index contributed by atoms with van der Waals surface area (Å²) in [5.74, 6) is 0.890. The normalized spacial score (nSPS) is 15.1. The minimum Gasteiger partial charge on any atom is -0.468 e. The highest BCUT2D eigenvalue weighted by molar-refractivity contribution is 5.83. The van der Waals surface area contributed by atoms with Crippen molar-refractivity contribution in [2.75, 3.05) is 46.3 Å². The lowest BCUT2D eigenvalue weighted by atomic mass is 9.93. The van der Waals surface area contributed by atoms with Gasteiger partial charge in [0.15, 0.2) is 17.0 Å². The van der Waals surface area contributed by atoms with Crippen LogP contribution < -0.4 is 15.2 Å². The maximum Gasteiger partial charge on any atom is 0.320 e. The molecule has 4 rings (SSSR count). The van der Waals surface area contributed by atoms with Gasteiger partial charge >= 0.3 is 6.01 Å². The highest BCUT2D eigenvalue weighted by atomic mass is 16.5. The van der Waals surface area contributed by atoms with Crippen LogP contribution in [0, 0.1) is 5.92 Å². The minimum atomic E-state index is 0.0867. The number of anilines is 1. The predicted octanol–water partition coefficient (Wildman–Crippen LogP) is 2.24. The number of ether oxygens (including phenoxy) is 3. The van der Waals surface area contributed by atoms with Crippen LogP contribution in [0.5, 0.6) is 12.0 Å². The number of imidazole rings is 1. The van der Waals surface area contributed by atoms with Crippen LogP contribution in [-0.4, -0.2) is 70.0 Å². The molecule has 34 heavy (non-hydrogen) atoms. The Bertz CT molecular complexity index is 1060. The summed E-state index contributed by atoms with van der Waals surface area (Å²) in [4.78, 5) is 15.7. The van der Waals surface area contributed by atoms with E-state index in [9.17, 15) is 5.11 Å². The fraction of sp³-hybridized carbons (Fsp3) is 0.542. The molecule has 0 bridgehead atoms. The molecule has 0 saturated carbocycles. The molecular formula is C24H34N6O4. The summed E-state index contributed by atoms with van der Waals surface area (Å²) >= 11 is 0. The van der Waals surface area contributed by atoms with Gasteiger partial charge in [0.05, 0.1) is 20.3 Å². The number of likely N-dealkylation sites (tertiary alicyclic amines) is 1. The second-order valence-electron chi connectivity index (χ2n) is 8.64. The van der Waals surface area contributed by atoms with Crippen molar-refractivity contribution in [1.82, 2.24) is 24.4 Å². The fourth-order valence-corrected chi connectivity index (χ4v) is 4.37. The van der Waals surface area contributed by atoms with Crippen LogP contribution in [0.3, 0.4) is 0 Å². The first-order chi connectivity index (χ1) is 16.6. The number of methoxy groups -OCH3 is 2. The van der Waals surface area contributed by atoms with E-state index in [0.29, 0.717) is 36.3 Å². The molecule has 3 aromatic rings. The van der Waals surface area contributed by atoms with E-state index >= 15 is 0 Å². The molecule has 0 atom stereocenters. The average Bonchev–Trinajstić information content (AvgIpc) is 3.22. The standard InChI is InChI=1S/C24H34N6O4/c1-32-13-14-34-23-27-21(25)20-22(28-23)30(24(26-20)33-2)12-9-17-7-10-29(11-8-17)15-18-3-5-19(16-31)6-4-18/h3-6,17,31H,7-16H2,1-2H3,(H2,25,27,28). The molecule has 184 valence electrons. The van der Waals surface area contributed by atoms with Gasteiger partial charge in [-0.1, -0.05) is 24.3 Å². The number of fused-ring (bicyclic) bond motifs is 1. The van der Waals surface area contributed by atoms with Gasteiger partial charge in [-0.2, -0.15) is 15.0 Å². The van der Waals surface area contributed by atoms with Crippen molar-refractivity contribution in [2.45, 2.75) is 39.0 Å². The van der Waals surface area contributed by atoms with E-state index in [4.69, 9.17) is 19.9 Å². The molecule has 3 heterocycles. The second kappa shape index (κ2) is 11.5. The third kappa shape index (κ3) is 5.75. The van der Waals surface area contributed by atoms with Crippen LogP contribution in [0.25, 0.3) is 11.2 Å². The summed E-state index contributed by atoms with van der Waals surface area (Å²) in [6.07, 6.45) is 3.29. The van der Waals surface area contributed by atoms with Crippen molar-refractivity contribution in [3.63, 3.8) is 0 Å². The van der Waals surface area contributed by atoms with Gasteiger partial charge in [0, 0.05) is 20.2 Å². The number of aliphatic hydroxyl groups is 1. The zero-order valence-corrected chi connectivity index (χ0v) is 19.9. The molecule has 0 spiro atoms. The number of nitrogens with zero attached hydrogens (tertiary/aromatic N) is 5. The summed E-state index contributed by atoms with van der Waals surface area (Å²) < 4.78 is 18.1. The first kappa shape index (κ1) is 24.2. The predicted molar refractivity (Wildman–Crippen MR) is 129 cm³/mol. The number of aryl methyl sites for hydroxylation is 1. The minimum absolute atomic E-state index is 0.0867. The molecule has 1 fully saturated rings. The van der Waals surface area contributed by atoms with Crippen molar-refractivity contribution < 1.29 is 19.3 Å². The summed E-state index contributed by atoms with van der Waals surface area (Å²) in [5.41, 5.74) is 9.50. The molecular weight excluding hydrogens is 436 g/mol. The van der Waals surface area contributed by atoms with Crippen molar-refractivity contribution in [3.8, 4) is 12.0 Å². The van der Waals surface area contributed by atoms with E-state index in [2.05, 4.69) is 32.0 Å². The van der Waals surface area contributed by atoms with Crippen molar-refractivity contribution >= 4 is 17.0 Å². The van der Waals surface area contributed by atoms with Crippen LogP contribution in [0.1, 0.15) is 30.4 Å². The topological polar surface area (TPSA) is 121 Å². The Kier molecular flexibility index (Phi) is 8.15. The Hall–Kier alpha value is -2.95.